The van der Waals surface area contributed by atoms with Crippen molar-refractivity contribution in [1.29, 1.82) is 0 Å². The molecule has 6 heteroatoms. The number of hydrogen-bond donors (Lipinski definition) is 1. The van der Waals surface area contributed by atoms with Crippen molar-refractivity contribution >= 4 is 22.5 Å². The molecule has 0 atom stereocenters. The fraction of sp³-hybridized carbons (Fsp3) is 0.357. The zero-order chi connectivity index (χ0) is 14.3. The van der Waals surface area contributed by atoms with Gasteiger partial charge in [-0.1, -0.05) is 0 Å². The summed E-state index contributed by atoms with van der Waals surface area (Å²) in [7, 11) is 1.78. The topological polar surface area (TPSA) is 81.2 Å². The molecule has 6 nitrogen and oxygen atoms in total. The predicted octanol–water partition coefficient (Wildman–Crippen LogP) is 0.599. The zero-order valence-electron chi connectivity index (χ0n) is 11.2. The van der Waals surface area contributed by atoms with Crippen LogP contribution in [0.4, 0.5) is 5.69 Å². The summed E-state index contributed by atoms with van der Waals surface area (Å²) in [6.07, 6.45) is 3.51. The molecule has 3 rings (SSSR count). The molecule has 0 unspecified atom stereocenters. The Hall–Kier alpha value is -2.37. The van der Waals surface area contributed by atoms with Crippen molar-refractivity contribution in [3.8, 4) is 0 Å². The number of nitrogens with two attached hydrogens (primary N) is 1. The highest BCUT2D eigenvalue weighted by molar-refractivity contribution is 5.81. The molecule has 0 radical (unpaired) electrons. The fourth-order valence-electron chi connectivity index (χ4n) is 2.21. The summed E-state index contributed by atoms with van der Waals surface area (Å²) in [5.41, 5.74) is 6.55. The smallest absolute Gasteiger partial charge is 0.261 e. The molecule has 1 saturated carbocycles. The van der Waals surface area contributed by atoms with Gasteiger partial charge in [0.05, 0.1) is 17.2 Å². The van der Waals surface area contributed by atoms with E-state index in [0.717, 1.165) is 12.8 Å². The predicted molar refractivity (Wildman–Crippen MR) is 76.2 cm³/mol. The summed E-state index contributed by atoms with van der Waals surface area (Å²) in [5.74, 6) is -0.0698. The van der Waals surface area contributed by atoms with Crippen LogP contribution < -0.4 is 11.3 Å². The normalized spacial score (nSPS) is 14.4. The van der Waals surface area contributed by atoms with Crippen LogP contribution in [0.1, 0.15) is 12.8 Å². The number of amides is 1. The number of aromatic nitrogens is 2. The van der Waals surface area contributed by atoms with Crippen LogP contribution in [0.15, 0.2) is 29.3 Å². The van der Waals surface area contributed by atoms with Crippen molar-refractivity contribution in [1.82, 2.24) is 14.5 Å². The van der Waals surface area contributed by atoms with Crippen LogP contribution in [0.25, 0.3) is 10.9 Å². The Bertz CT molecular complexity index is 734. The molecular formula is C14H16N4O2. The van der Waals surface area contributed by atoms with E-state index in [1.54, 1.807) is 30.1 Å². The molecule has 1 aliphatic carbocycles. The van der Waals surface area contributed by atoms with Gasteiger partial charge >= 0.3 is 0 Å². The standard InChI is InChI=1S/C14H16N4O2/c1-17(10-3-4-10)13(19)7-18-8-16-12-5-2-9(15)6-11(12)14(18)20/h2,5-6,8,10H,3-4,7,15H2,1H3. The zero-order valence-corrected chi connectivity index (χ0v) is 11.2. The van der Waals surface area contributed by atoms with Crippen molar-refractivity contribution in [3.05, 3.63) is 34.9 Å². The monoisotopic (exact) mass is 272 g/mol. The number of carbonyl (C=O) groups is 1. The van der Waals surface area contributed by atoms with Crippen LogP contribution in [0.2, 0.25) is 0 Å². The van der Waals surface area contributed by atoms with Gasteiger partial charge in [-0.2, -0.15) is 0 Å². The first-order chi connectivity index (χ1) is 9.56. The molecule has 0 aliphatic heterocycles. The van der Waals surface area contributed by atoms with Crippen molar-refractivity contribution in [2.45, 2.75) is 25.4 Å². The molecule has 1 amide bonds. The van der Waals surface area contributed by atoms with E-state index in [2.05, 4.69) is 4.98 Å². The Labute approximate surface area is 115 Å². The Morgan fingerprint density at radius 3 is 2.95 bits per heavy atom. The van der Waals surface area contributed by atoms with E-state index in [4.69, 9.17) is 5.73 Å². The first-order valence-electron chi connectivity index (χ1n) is 6.56. The van der Waals surface area contributed by atoms with Gasteiger partial charge in [-0.3, -0.25) is 14.2 Å². The SMILES string of the molecule is CN(C(=O)Cn1cnc2ccc(N)cc2c1=O)C1CC1. The minimum atomic E-state index is -0.236. The lowest BCUT2D eigenvalue weighted by atomic mass is 10.2. The average Bonchev–Trinajstić information content (AvgIpc) is 3.26. The molecule has 1 aromatic carbocycles. The van der Waals surface area contributed by atoms with Gasteiger partial charge in [0.15, 0.2) is 0 Å². The number of hydrogen-bond acceptors (Lipinski definition) is 4. The van der Waals surface area contributed by atoms with Crippen molar-refractivity contribution in [3.63, 3.8) is 0 Å². The molecule has 0 bridgehead atoms. The Morgan fingerprint density at radius 1 is 1.50 bits per heavy atom. The number of fused-ring (bicyclic) bond motifs is 1. The molecule has 1 heterocycles. The van der Waals surface area contributed by atoms with Gasteiger partial charge in [0, 0.05) is 18.8 Å². The van der Waals surface area contributed by atoms with E-state index in [1.807, 2.05) is 0 Å². The third kappa shape index (κ3) is 2.24. The van der Waals surface area contributed by atoms with Crippen LogP contribution in [-0.2, 0) is 11.3 Å². The second-order valence-corrected chi connectivity index (χ2v) is 5.19. The summed E-state index contributed by atoms with van der Waals surface area (Å²) in [4.78, 5) is 30.3. The number of anilines is 1. The summed E-state index contributed by atoms with van der Waals surface area (Å²) in [5, 5.41) is 0.439. The van der Waals surface area contributed by atoms with Crippen molar-refractivity contribution in [2.75, 3.05) is 12.8 Å². The lowest BCUT2D eigenvalue weighted by Crippen LogP contribution is -2.35. The van der Waals surface area contributed by atoms with Crippen LogP contribution in [-0.4, -0.2) is 33.4 Å². The Kier molecular flexibility index (Phi) is 2.93. The lowest BCUT2D eigenvalue weighted by molar-refractivity contribution is -0.131. The maximum absolute atomic E-state index is 12.3. The Morgan fingerprint density at radius 2 is 2.25 bits per heavy atom. The third-order valence-electron chi connectivity index (χ3n) is 3.64. The average molecular weight is 272 g/mol. The van der Waals surface area contributed by atoms with E-state index in [0.29, 0.717) is 22.6 Å². The largest absolute Gasteiger partial charge is 0.399 e. The number of nitrogens with zero attached hydrogens (tertiary/aromatic N) is 3. The van der Waals surface area contributed by atoms with Gasteiger partial charge in [0.1, 0.15) is 6.54 Å². The molecule has 0 saturated heterocycles. The summed E-state index contributed by atoms with van der Waals surface area (Å²) in [6, 6.07) is 5.33. The third-order valence-corrected chi connectivity index (χ3v) is 3.64. The fourth-order valence-corrected chi connectivity index (χ4v) is 2.21. The van der Waals surface area contributed by atoms with E-state index >= 15 is 0 Å². The number of carbonyl (C=O) groups excluding carboxylic acids is 1. The first kappa shape index (κ1) is 12.7. The van der Waals surface area contributed by atoms with E-state index in [9.17, 15) is 9.59 Å². The molecule has 1 fully saturated rings. The highest BCUT2D eigenvalue weighted by atomic mass is 16.2. The highest BCUT2D eigenvalue weighted by Gasteiger charge is 2.29. The van der Waals surface area contributed by atoms with Gasteiger partial charge < -0.3 is 10.6 Å². The molecule has 20 heavy (non-hydrogen) atoms. The number of likely N-dealkylation sites (N-methyl/N-ethyl adjacent to an activating group) is 1. The molecule has 0 spiro atoms. The quantitative estimate of drug-likeness (QED) is 0.830. The number of nitrogen functional groups attached to an aromatic ring is 1. The molecule has 104 valence electrons. The van der Waals surface area contributed by atoms with E-state index in [-0.39, 0.29) is 18.0 Å². The highest BCUT2D eigenvalue weighted by Crippen LogP contribution is 2.25. The van der Waals surface area contributed by atoms with Gasteiger partial charge in [0.25, 0.3) is 5.56 Å². The van der Waals surface area contributed by atoms with E-state index in [1.165, 1.54) is 10.9 Å². The van der Waals surface area contributed by atoms with Crippen LogP contribution in [0.5, 0.6) is 0 Å². The van der Waals surface area contributed by atoms with Gasteiger partial charge in [-0.05, 0) is 31.0 Å². The Balaban J connectivity index is 1.93. The van der Waals surface area contributed by atoms with Crippen LogP contribution in [0.3, 0.4) is 0 Å². The lowest BCUT2D eigenvalue weighted by Gasteiger charge is -2.16. The first-order valence-corrected chi connectivity index (χ1v) is 6.56. The molecule has 1 aliphatic rings. The summed E-state index contributed by atoms with van der Waals surface area (Å²) in [6.45, 7) is 0.0174. The minimum Gasteiger partial charge on any atom is -0.399 e. The maximum atomic E-state index is 12.3. The molecule has 2 N–H and O–H groups in total. The molecule has 2 aromatic rings. The van der Waals surface area contributed by atoms with Gasteiger partial charge in [0.2, 0.25) is 5.91 Å². The maximum Gasteiger partial charge on any atom is 0.261 e. The van der Waals surface area contributed by atoms with Crippen molar-refractivity contribution < 1.29 is 4.79 Å². The second kappa shape index (κ2) is 4.63. The van der Waals surface area contributed by atoms with Gasteiger partial charge in [-0.15, -0.1) is 0 Å². The van der Waals surface area contributed by atoms with Crippen LogP contribution >= 0.6 is 0 Å². The summed E-state index contributed by atoms with van der Waals surface area (Å²) >= 11 is 0. The second-order valence-electron chi connectivity index (χ2n) is 5.19. The number of rotatable bonds is 3. The summed E-state index contributed by atoms with van der Waals surface area (Å²) < 4.78 is 1.34. The molecular weight excluding hydrogens is 256 g/mol. The number of benzene rings is 1. The minimum absolute atomic E-state index is 0.0174. The van der Waals surface area contributed by atoms with Crippen LogP contribution in [0, 0.1) is 0 Å². The van der Waals surface area contributed by atoms with Crippen molar-refractivity contribution in [2.24, 2.45) is 0 Å². The molecule has 1 aromatic heterocycles. The van der Waals surface area contributed by atoms with E-state index < -0.39 is 0 Å². The van der Waals surface area contributed by atoms with Gasteiger partial charge in [-0.25, -0.2) is 4.98 Å².